The number of nitrogens with zero attached hydrogens (tertiary/aromatic N) is 4. The molecule has 2 aromatic heterocycles. The van der Waals surface area contributed by atoms with Gasteiger partial charge in [0.15, 0.2) is 0 Å². The molecule has 0 bridgehead atoms. The Morgan fingerprint density at radius 2 is 2.14 bits per heavy atom. The molecule has 1 aliphatic rings. The Kier molecular flexibility index (Phi) is 4.69. The van der Waals surface area contributed by atoms with Gasteiger partial charge < -0.3 is 24.7 Å². The Morgan fingerprint density at radius 1 is 1.43 bits per heavy atom. The van der Waals surface area contributed by atoms with Crippen LogP contribution in [-0.4, -0.2) is 42.4 Å². The van der Waals surface area contributed by atoms with E-state index in [0.717, 1.165) is 11.5 Å². The maximum absolute atomic E-state index is 10.3. The number of fused-ring (bicyclic) bond motifs is 1. The van der Waals surface area contributed by atoms with Crippen LogP contribution in [0.15, 0.2) is 0 Å². The summed E-state index contributed by atoms with van der Waals surface area (Å²) in [6.07, 6.45) is 2.25. The molecule has 7 heteroatoms. The van der Waals surface area contributed by atoms with Crippen molar-refractivity contribution in [3.05, 3.63) is 17.8 Å². The zero-order valence-electron chi connectivity index (χ0n) is 13.4. The quantitative estimate of drug-likeness (QED) is 0.768. The first kappa shape index (κ1) is 15.5. The molecule has 1 saturated carbocycles. The average molecular weight is 366 g/mol. The van der Waals surface area contributed by atoms with E-state index >= 15 is 0 Å². The largest absolute Gasteiger partial charge is 0.396 e. The molecule has 0 saturated heterocycles. The first-order valence-electron chi connectivity index (χ1n) is 7.26. The summed E-state index contributed by atoms with van der Waals surface area (Å²) >= 11 is 0. The zero-order valence-corrected chi connectivity index (χ0v) is 15.2. The fraction of sp³-hybridized carbons (Fsp3) is 0.643. The van der Waals surface area contributed by atoms with Gasteiger partial charge in [0.1, 0.15) is 0 Å². The van der Waals surface area contributed by atoms with Crippen LogP contribution in [0.25, 0.3) is 11.2 Å². The third-order valence-corrected chi connectivity index (χ3v) is 4.29. The van der Waals surface area contributed by atoms with Crippen LogP contribution in [0.1, 0.15) is 32.3 Å². The molecule has 2 aromatic rings. The second-order valence-electron chi connectivity index (χ2n) is 5.49. The van der Waals surface area contributed by atoms with E-state index < -0.39 is 12.0 Å². The molecule has 0 amide bonds. The maximum Gasteiger partial charge on any atom is 0.0941 e. The van der Waals surface area contributed by atoms with E-state index in [1.165, 1.54) is 0 Å². The molecule has 21 heavy (non-hydrogen) atoms. The minimum atomic E-state index is -1.11. The summed E-state index contributed by atoms with van der Waals surface area (Å²) in [5.74, 6) is -0.678. The van der Waals surface area contributed by atoms with Gasteiger partial charge in [-0.2, -0.15) is 0 Å². The minimum Gasteiger partial charge on any atom is -0.396 e. The van der Waals surface area contributed by atoms with Gasteiger partial charge in [0.25, 0.3) is 0 Å². The van der Waals surface area contributed by atoms with E-state index in [1.54, 1.807) is 6.92 Å². The average Bonchev–Trinajstić information content (AvgIpc) is 2.87. The van der Waals surface area contributed by atoms with Crippen molar-refractivity contribution in [2.75, 3.05) is 6.61 Å². The Bertz CT molecular complexity index is 691. The molecule has 1 aliphatic carbocycles. The molecule has 1 radical (unpaired) electrons. The summed E-state index contributed by atoms with van der Waals surface area (Å²) in [5.41, 5.74) is 2.07. The van der Waals surface area contributed by atoms with Crippen molar-refractivity contribution in [2.45, 2.75) is 39.3 Å². The molecule has 2 heterocycles. The molecule has 2 N–H and O–H groups in total. The molecule has 0 spiro atoms. The minimum absolute atomic E-state index is 0. The van der Waals surface area contributed by atoms with E-state index in [9.17, 15) is 10.2 Å². The van der Waals surface area contributed by atoms with Crippen molar-refractivity contribution >= 4 is 11.2 Å². The van der Waals surface area contributed by atoms with Crippen LogP contribution in [0.5, 0.6) is 0 Å². The van der Waals surface area contributed by atoms with E-state index in [4.69, 9.17) is 1.37 Å². The Labute approximate surface area is 150 Å². The van der Waals surface area contributed by atoms with Crippen molar-refractivity contribution < 1.29 is 44.3 Å². The zero-order chi connectivity index (χ0) is 15.4. The van der Waals surface area contributed by atoms with Crippen LogP contribution in [0.3, 0.4) is 0 Å². The Balaban J connectivity index is 0.00000176. The van der Waals surface area contributed by atoms with Crippen molar-refractivity contribution in [3.63, 3.8) is 0 Å². The number of aliphatic hydroxyl groups excluding tert-OH is 2. The summed E-state index contributed by atoms with van der Waals surface area (Å²) in [6, 6.07) is -0.294. The van der Waals surface area contributed by atoms with Gasteiger partial charge in [-0.15, -0.1) is 0 Å². The summed E-state index contributed by atoms with van der Waals surface area (Å²) < 4.78 is 10.4. The molecule has 4 unspecified atom stereocenters. The third-order valence-electron chi connectivity index (χ3n) is 4.29. The van der Waals surface area contributed by atoms with Crippen molar-refractivity contribution in [1.29, 1.82) is 0 Å². The molecular weight excluding hydrogens is 345 g/mol. The van der Waals surface area contributed by atoms with Gasteiger partial charge in [-0.05, 0) is 19.0 Å². The second kappa shape index (κ2) is 6.36. The van der Waals surface area contributed by atoms with Crippen molar-refractivity contribution in [2.24, 2.45) is 11.8 Å². The fourth-order valence-electron chi connectivity index (χ4n) is 3.11. The van der Waals surface area contributed by atoms with Gasteiger partial charge >= 0.3 is 0 Å². The summed E-state index contributed by atoms with van der Waals surface area (Å²) in [7, 11) is 0. The van der Waals surface area contributed by atoms with Gasteiger partial charge in [-0.3, -0.25) is 4.98 Å². The normalized spacial score (nSPS) is 33.0. The van der Waals surface area contributed by atoms with Crippen molar-refractivity contribution in [3.8, 4) is 0 Å². The van der Waals surface area contributed by atoms with Crippen LogP contribution < -0.4 is 0 Å². The molecule has 111 valence electrons. The molecule has 1 fully saturated rings. The standard InChI is InChI=1S/C14H19N4O2.Y/c1-7-11(4-10(5-19)13(7)20)18-9(3)17-12-8(2)15-6-16-14(12)18;/h7,10-11,13,19-20H,4-5H2,1-3H3;/q-1;/i7T;. The summed E-state index contributed by atoms with van der Waals surface area (Å²) in [4.78, 5) is 12.7. The molecular formula is C14H19N4O2Y-. The van der Waals surface area contributed by atoms with Gasteiger partial charge in [0, 0.05) is 76.0 Å². The van der Waals surface area contributed by atoms with E-state index in [0.29, 0.717) is 17.6 Å². The number of imidazole rings is 1. The molecule has 4 atom stereocenters. The molecule has 3 rings (SSSR count). The fourth-order valence-corrected chi connectivity index (χ4v) is 3.11. The van der Waals surface area contributed by atoms with E-state index in [1.807, 2.05) is 18.4 Å². The first-order chi connectivity index (χ1) is 9.87. The number of aromatic nitrogens is 4. The second-order valence-corrected chi connectivity index (χ2v) is 5.49. The predicted octanol–water partition coefficient (Wildman–Crippen LogP) is 0.791. The predicted molar refractivity (Wildman–Crippen MR) is 73.0 cm³/mol. The SMILES string of the molecule is [3H]C1(C)C(O)C(CO)CC1n1c(C)nc2c(C)n[c-]nc21.[Y]. The Morgan fingerprint density at radius 3 is 2.76 bits per heavy atom. The maximum atomic E-state index is 10.3. The van der Waals surface area contributed by atoms with Crippen LogP contribution in [-0.2, 0) is 32.7 Å². The van der Waals surface area contributed by atoms with Crippen LogP contribution in [0, 0.1) is 32.0 Å². The van der Waals surface area contributed by atoms with E-state index in [-0.39, 0.29) is 51.3 Å². The van der Waals surface area contributed by atoms with Crippen LogP contribution in [0.2, 0.25) is 0 Å². The molecule has 0 aromatic carbocycles. The topological polar surface area (TPSA) is 84.1 Å². The number of hydrogen-bond acceptors (Lipinski definition) is 5. The first-order valence-corrected chi connectivity index (χ1v) is 6.76. The Hall–Kier alpha value is -0.426. The van der Waals surface area contributed by atoms with Gasteiger partial charge in [-0.25, -0.2) is 0 Å². The summed E-state index contributed by atoms with van der Waals surface area (Å²) in [6.45, 7) is 5.27. The van der Waals surface area contributed by atoms with Gasteiger partial charge in [0.05, 0.1) is 11.9 Å². The monoisotopic (exact) mass is 366 g/mol. The van der Waals surface area contributed by atoms with Crippen LogP contribution in [0.4, 0.5) is 0 Å². The smallest absolute Gasteiger partial charge is 0.0941 e. The van der Waals surface area contributed by atoms with Crippen LogP contribution >= 0.6 is 0 Å². The van der Waals surface area contributed by atoms with Gasteiger partial charge in [0.2, 0.25) is 0 Å². The third kappa shape index (κ3) is 2.67. The van der Waals surface area contributed by atoms with Gasteiger partial charge in [-0.1, -0.05) is 13.8 Å². The number of rotatable bonds is 2. The van der Waals surface area contributed by atoms with E-state index in [2.05, 4.69) is 21.3 Å². The number of hydrogen-bond donors (Lipinski definition) is 2. The number of aryl methyl sites for hydroxylation is 2. The summed E-state index contributed by atoms with van der Waals surface area (Å²) in [5, 5.41) is 19.7. The number of aliphatic hydroxyl groups is 2. The molecule has 0 aliphatic heterocycles. The van der Waals surface area contributed by atoms with Crippen molar-refractivity contribution in [1.82, 2.24) is 19.5 Å². The molecule has 6 nitrogen and oxygen atoms in total.